The van der Waals surface area contributed by atoms with Gasteiger partial charge in [0.25, 0.3) is 0 Å². The molecule has 0 unspecified atom stereocenters. The molecule has 1 aliphatic rings. The minimum absolute atomic E-state index is 0.376. The molecule has 1 N–H and O–H groups in total. The van der Waals surface area contributed by atoms with E-state index < -0.39 is 0 Å². The van der Waals surface area contributed by atoms with Crippen molar-refractivity contribution in [1.82, 2.24) is 10.0 Å². The molecule has 1 aromatic heterocycles. The molecule has 1 atom stereocenters. The predicted octanol–water partition coefficient (Wildman–Crippen LogP) is 0.843. The molecule has 0 saturated carbocycles. The SMILES string of the molecule is O[C@@H]1CON(Cc2ccc(Cl)nc2)C1. The fourth-order valence-electron chi connectivity index (χ4n) is 1.35. The molecular weight excluding hydrogens is 204 g/mol. The number of hydrogen-bond donors (Lipinski definition) is 1. The van der Waals surface area contributed by atoms with Crippen molar-refractivity contribution in [3.05, 3.63) is 29.0 Å². The fourth-order valence-corrected chi connectivity index (χ4v) is 1.46. The van der Waals surface area contributed by atoms with Crippen molar-refractivity contribution in [2.45, 2.75) is 12.6 Å². The second kappa shape index (κ2) is 4.23. The maximum atomic E-state index is 9.22. The third-order valence-corrected chi connectivity index (χ3v) is 2.24. The van der Waals surface area contributed by atoms with Crippen molar-refractivity contribution in [3.8, 4) is 0 Å². The van der Waals surface area contributed by atoms with Crippen LogP contribution in [0.3, 0.4) is 0 Å². The summed E-state index contributed by atoms with van der Waals surface area (Å²) in [4.78, 5) is 9.18. The molecule has 0 amide bonds. The summed E-state index contributed by atoms with van der Waals surface area (Å²) in [7, 11) is 0. The lowest BCUT2D eigenvalue weighted by atomic mass is 10.3. The number of hydrogen-bond acceptors (Lipinski definition) is 4. The van der Waals surface area contributed by atoms with E-state index in [0.29, 0.717) is 24.8 Å². The number of nitrogens with zero attached hydrogens (tertiary/aromatic N) is 2. The Kier molecular flexibility index (Phi) is 2.98. The number of pyridine rings is 1. The third-order valence-electron chi connectivity index (χ3n) is 2.01. The summed E-state index contributed by atoms with van der Waals surface area (Å²) in [5, 5.41) is 11.4. The maximum Gasteiger partial charge on any atom is 0.129 e. The van der Waals surface area contributed by atoms with Gasteiger partial charge < -0.3 is 5.11 Å². The van der Waals surface area contributed by atoms with Gasteiger partial charge in [-0.3, -0.25) is 4.84 Å². The van der Waals surface area contributed by atoms with Crippen molar-refractivity contribution in [3.63, 3.8) is 0 Å². The van der Waals surface area contributed by atoms with Crippen LogP contribution in [-0.2, 0) is 11.4 Å². The number of β-amino-alcohol motifs (C(OH)–C–C–N with tert-alkyl or cyclic N) is 1. The van der Waals surface area contributed by atoms with E-state index in [9.17, 15) is 5.11 Å². The molecule has 0 bridgehead atoms. The summed E-state index contributed by atoms with van der Waals surface area (Å²) in [5.74, 6) is 0. The summed E-state index contributed by atoms with van der Waals surface area (Å²) >= 11 is 5.66. The van der Waals surface area contributed by atoms with E-state index in [-0.39, 0.29) is 6.10 Å². The Balaban J connectivity index is 1.94. The third kappa shape index (κ3) is 2.42. The zero-order chi connectivity index (χ0) is 9.97. The molecule has 1 saturated heterocycles. The van der Waals surface area contributed by atoms with Crippen LogP contribution in [0.15, 0.2) is 18.3 Å². The van der Waals surface area contributed by atoms with E-state index in [2.05, 4.69) is 4.98 Å². The molecule has 5 heteroatoms. The van der Waals surface area contributed by atoms with E-state index in [1.807, 2.05) is 6.07 Å². The molecule has 2 rings (SSSR count). The molecule has 2 heterocycles. The number of aliphatic hydroxyl groups excluding tert-OH is 1. The number of rotatable bonds is 2. The van der Waals surface area contributed by atoms with Crippen LogP contribution in [0.4, 0.5) is 0 Å². The summed E-state index contributed by atoms with van der Waals surface area (Å²) in [6, 6.07) is 3.63. The minimum Gasteiger partial charge on any atom is -0.389 e. The Morgan fingerprint density at radius 2 is 2.50 bits per heavy atom. The van der Waals surface area contributed by atoms with Crippen LogP contribution in [0.25, 0.3) is 0 Å². The van der Waals surface area contributed by atoms with Gasteiger partial charge in [-0.1, -0.05) is 17.7 Å². The van der Waals surface area contributed by atoms with Crippen LogP contribution in [0.2, 0.25) is 5.15 Å². The van der Waals surface area contributed by atoms with E-state index in [0.717, 1.165) is 5.56 Å². The van der Waals surface area contributed by atoms with Gasteiger partial charge in [0.15, 0.2) is 0 Å². The van der Waals surface area contributed by atoms with Gasteiger partial charge in [0.1, 0.15) is 5.15 Å². The van der Waals surface area contributed by atoms with Crippen molar-refractivity contribution < 1.29 is 9.94 Å². The van der Waals surface area contributed by atoms with Gasteiger partial charge in [-0.05, 0) is 11.6 Å². The molecule has 1 aromatic rings. The van der Waals surface area contributed by atoms with Gasteiger partial charge in [-0.15, -0.1) is 0 Å². The van der Waals surface area contributed by atoms with Gasteiger partial charge in [0, 0.05) is 6.20 Å². The molecule has 1 aliphatic heterocycles. The monoisotopic (exact) mass is 214 g/mol. The fraction of sp³-hybridized carbons (Fsp3) is 0.444. The zero-order valence-corrected chi connectivity index (χ0v) is 8.31. The first kappa shape index (κ1) is 9.86. The Labute approximate surface area is 87.0 Å². The van der Waals surface area contributed by atoms with Gasteiger partial charge in [-0.2, -0.15) is 5.06 Å². The summed E-state index contributed by atoms with van der Waals surface area (Å²) < 4.78 is 0. The largest absolute Gasteiger partial charge is 0.389 e. The molecule has 0 radical (unpaired) electrons. The summed E-state index contributed by atoms with van der Waals surface area (Å²) in [6.07, 6.45) is 1.33. The lowest BCUT2D eigenvalue weighted by molar-refractivity contribution is -0.117. The Bertz CT molecular complexity index is 304. The maximum absolute atomic E-state index is 9.22. The molecule has 0 spiro atoms. The van der Waals surface area contributed by atoms with Crippen molar-refractivity contribution in [1.29, 1.82) is 0 Å². The molecule has 76 valence electrons. The van der Waals surface area contributed by atoms with Gasteiger partial charge >= 0.3 is 0 Å². The second-order valence-corrected chi connectivity index (χ2v) is 3.65. The molecular formula is C9H11ClN2O2. The quantitative estimate of drug-likeness (QED) is 0.742. The topological polar surface area (TPSA) is 45.6 Å². The van der Waals surface area contributed by atoms with Crippen molar-refractivity contribution >= 4 is 11.6 Å². The smallest absolute Gasteiger partial charge is 0.129 e. The average Bonchev–Trinajstić information content (AvgIpc) is 2.56. The Morgan fingerprint density at radius 1 is 1.64 bits per heavy atom. The highest BCUT2D eigenvalue weighted by Crippen LogP contribution is 2.12. The highest BCUT2D eigenvalue weighted by Gasteiger charge is 2.21. The molecule has 4 nitrogen and oxygen atoms in total. The minimum atomic E-state index is -0.379. The van der Waals surface area contributed by atoms with E-state index in [1.54, 1.807) is 17.3 Å². The van der Waals surface area contributed by atoms with Gasteiger partial charge in [0.2, 0.25) is 0 Å². The van der Waals surface area contributed by atoms with Crippen LogP contribution in [0.5, 0.6) is 0 Å². The molecule has 0 aliphatic carbocycles. The average molecular weight is 215 g/mol. The lowest BCUT2D eigenvalue weighted by Crippen LogP contribution is -2.20. The summed E-state index contributed by atoms with van der Waals surface area (Å²) in [6.45, 7) is 1.55. The molecule has 14 heavy (non-hydrogen) atoms. The second-order valence-electron chi connectivity index (χ2n) is 3.26. The van der Waals surface area contributed by atoms with Crippen molar-refractivity contribution in [2.24, 2.45) is 0 Å². The lowest BCUT2D eigenvalue weighted by Gasteiger charge is -2.12. The Hall–Kier alpha value is -0.680. The zero-order valence-electron chi connectivity index (χ0n) is 7.56. The van der Waals surface area contributed by atoms with Crippen LogP contribution >= 0.6 is 11.6 Å². The first-order chi connectivity index (χ1) is 6.74. The number of hydroxylamine groups is 2. The van der Waals surface area contributed by atoms with Crippen LogP contribution < -0.4 is 0 Å². The predicted molar refractivity (Wildman–Crippen MR) is 51.6 cm³/mol. The van der Waals surface area contributed by atoms with Crippen LogP contribution in [0, 0.1) is 0 Å². The van der Waals surface area contributed by atoms with Crippen LogP contribution in [-0.4, -0.2) is 34.4 Å². The van der Waals surface area contributed by atoms with Gasteiger partial charge in [-0.25, -0.2) is 4.98 Å². The van der Waals surface area contributed by atoms with Crippen molar-refractivity contribution in [2.75, 3.05) is 13.2 Å². The highest BCUT2D eigenvalue weighted by atomic mass is 35.5. The van der Waals surface area contributed by atoms with E-state index in [1.165, 1.54) is 0 Å². The standard InChI is InChI=1S/C9H11ClN2O2/c10-9-2-1-7(3-11-9)4-12-5-8(13)6-14-12/h1-3,8,13H,4-6H2/t8-/m0/s1. The first-order valence-corrected chi connectivity index (χ1v) is 4.78. The van der Waals surface area contributed by atoms with Crippen LogP contribution in [0.1, 0.15) is 5.56 Å². The normalized spacial score (nSPS) is 22.9. The first-order valence-electron chi connectivity index (χ1n) is 4.40. The molecule has 0 aromatic carbocycles. The van der Waals surface area contributed by atoms with E-state index >= 15 is 0 Å². The Morgan fingerprint density at radius 3 is 3.07 bits per heavy atom. The van der Waals surface area contributed by atoms with Gasteiger partial charge in [0.05, 0.1) is 25.8 Å². The number of aromatic nitrogens is 1. The highest BCUT2D eigenvalue weighted by molar-refractivity contribution is 6.29. The number of aliphatic hydroxyl groups is 1. The van der Waals surface area contributed by atoms with E-state index in [4.69, 9.17) is 16.4 Å². The summed E-state index contributed by atoms with van der Waals surface area (Å²) in [5.41, 5.74) is 1.02. The molecule has 1 fully saturated rings. The number of halogens is 1.